The van der Waals surface area contributed by atoms with Crippen molar-refractivity contribution in [3.63, 3.8) is 0 Å². The van der Waals surface area contributed by atoms with Crippen molar-refractivity contribution in [3.8, 4) is 0 Å². The van der Waals surface area contributed by atoms with Crippen molar-refractivity contribution in [2.24, 2.45) is 0 Å². The monoisotopic (exact) mass is 248 g/mol. The fraction of sp³-hybridized carbons (Fsp3) is 0.500. The maximum absolute atomic E-state index is 4.47. The second kappa shape index (κ2) is 3.91. The van der Waals surface area contributed by atoms with Gasteiger partial charge in [-0.15, -0.1) is 5.10 Å². The predicted molar refractivity (Wildman–Crippen MR) is 71.7 cm³/mol. The quantitative estimate of drug-likeness (QED) is 0.902. The minimum atomic E-state index is 0.437. The molecule has 17 heavy (non-hydrogen) atoms. The SMILES string of the molecule is CSC1(CNc2nc3cccc(C)n3n2)CC1. The lowest BCUT2D eigenvalue weighted by Gasteiger charge is -2.11. The summed E-state index contributed by atoms with van der Waals surface area (Å²) in [5.74, 6) is 0.736. The Morgan fingerprint density at radius 2 is 2.29 bits per heavy atom. The van der Waals surface area contributed by atoms with Crippen molar-refractivity contribution in [2.75, 3.05) is 18.1 Å². The van der Waals surface area contributed by atoms with E-state index in [0.717, 1.165) is 23.8 Å². The number of nitrogens with zero attached hydrogens (tertiary/aromatic N) is 3. The van der Waals surface area contributed by atoms with Crippen molar-refractivity contribution in [3.05, 3.63) is 23.9 Å². The summed E-state index contributed by atoms with van der Waals surface area (Å²) in [4.78, 5) is 4.47. The Bertz CT molecular complexity index is 544. The normalized spacial score (nSPS) is 17.3. The van der Waals surface area contributed by atoms with Gasteiger partial charge in [0, 0.05) is 17.0 Å². The smallest absolute Gasteiger partial charge is 0.243 e. The molecular formula is C12H16N4S. The zero-order valence-electron chi connectivity index (χ0n) is 10.1. The van der Waals surface area contributed by atoms with Gasteiger partial charge >= 0.3 is 0 Å². The van der Waals surface area contributed by atoms with Gasteiger partial charge in [-0.05, 0) is 38.2 Å². The third kappa shape index (κ3) is 1.99. The van der Waals surface area contributed by atoms with Crippen LogP contribution in [-0.2, 0) is 0 Å². The van der Waals surface area contributed by atoms with Crippen molar-refractivity contribution >= 4 is 23.4 Å². The van der Waals surface area contributed by atoms with Crippen LogP contribution in [-0.4, -0.2) is 32.1 Å². The maximum atomic E-state index is 4.47. The lowest BCUT2D eigenvalue weighted by molar-refractivity contribution is 0.890. The molecule has 90 valence electrons. The van der Waals surface area contributed by atoms with Crippen LogP contribution in [0.5, 0.6) is 0 Å². The molecule has 0 atom stereocenters. The zero-order valence-corrected chi connectivity index (χ0v) is 10.9. The first kappa shape index (κ1) is 10.9. The number of aryl methyl sites for hydroxylation is 1. The highest BCUT2D eigenvalue weighted by atomic mass is 32.2. The van der Waals surface area contributed by atoms with Gasteiger partial charge in [-0.1, -0.05) is 6.07 Å². The molecule has 0 bridgehead atoms. The van der Waals surface area contributed by atoms with Gasteiger partial charge in [0.05, 0.1) is 0 Å². The second-order valence-corrected chi connectivity index (χ2v) is 5.89. The number of hydrogen-bond donors (Lipinski definition) is 1. The highest BCUT2D eigenvalue weighted by molar-refractivity contribution is 8.00. The first-order valence-corrected chi connectivity index (χ1v) is 7.06. The first-order valence-electron chi connectivity index (χ1n) is 5.84. The predicted octanol–water partition coefficient (Wildman–Crippen LogP) is 2.35. The number of nitrogens with one attached hydrogen (secondary N) is 1. The summed E-state index contributed by atoms with van der Waals surface area (Å²) in [6.45, 7) is 3.00. The van der Waals surface area contributed by atoms with Crippen LogP contribution in [0.25, 0.3) is 5.65 Å². The van der Waals surface area contributed by atoms with Crippen molar-refractivity contribution in [1.29, 1.82) is 0 Å². The van der Waals surface area contributed by atoms with Crippen molar-refractivity contribution < 1.29 is 0 Å². The Balaban J connectivity index is 1.79. The number of rotatable bonds is 4. The van der Waals surface area contributed by atoms with Gasteiger partial charge in [-0.25, -0.2) is 4.52 Å². The molecule has 0 amide bonds. The van der Waals surface area contributed by atoms with Gasteiger partial charge in [0.15, 0.2) is 5.65 Å². The number of hydrogen-bond acceptors (Lipinski definition) is 4. The molecule has 0 spiro atoms. The van der Waals surface area contributed by atoms with Crippen molar-refractivity contribution in [2.45, 2.75) is 24.5 Å². The van der Waals surface area contributed by atoms with Crippen LogP contribution >= 0.6 is 11.8 Å². The minimum Gasteiger partial charge on any atom is -0.352 e. The Hall–Kier alpha value is -1.23. The van der Waals surface area contributed by atoms with Crippen molar-refractivity contribution in [1.82, 2.24) is 14.6 Å². The highest BCUT2D eigenvalue weighted by Crippen LogP contribution is 2.46. The Kier molecular flexibility index (Phi) is 2.50. The van der Waals surface area contributed by atoms with E-state index in [2.05, 4.69) is 21.7 Å². The topological polar surface area (TPSA) is 42.2 Å². The van der Waals surface area contributed by atoms with Gasteiger partial charge < -0.3 is 5.32 Å². The van der Waals surface area contributed by atoms with Crippen LogP contribution in [0.2, 0.25) is 0 Å². The van der Waals surface area contributed by atoms with Gasteiger partial charge in [0.25, 0.3) is 0 Å². The molecule has 0 aliphatic heterocycles. The molecule has 1 aliphatic carbocycles. The number of thioether (sulfide) groups is 1. The molecule has 0 saturated heterocycles. The van der Waals surface area contributed by atoms with E-state index in [-0.39, 0.29) is 0 Å². The molecule has 3 rings (SSSR count). The van der Waals surface area contributed by atoms with Gasteiger partial charge in [0.1, 0.15) is 0 Å². The Morgan fingerprint density at radius 1 is 1.47 bits per heavy atom. The molecule has 1 saturated carbocycles. The molecule has 0 unspecified atom stereocenters. The summed E-state index contributed by atoms with van der Waals surface area (Å²) in [5.41, 5.74) is 2.01. The van der Waals surface area contributed by atoms with Crippen LogP contribution in [0, 0.1) is 6.92 Å². The van der Waals surface area contributed by atoms with E-state index in [0.29, 0.717) is 4.75 Å². The number of fused-ring (bicyclic) bond motifs is 1. The Morgan fingerprint density at radius 3 is 2.94 bits per heavy atom. The number of pyridine rings is 1. The third-order valence-electron chi connectivity index (χ3n) is 3.36. The summed E-state index contributed by atoms with van der Waals surface area (Å²) in [6, 6.07) is 6.02. The van der Waals surface area contributed by atoms with E-state index < -0.39 is 0 Å². The lowest BCUT2D eigenvalue weighted by atomic mass is 10.4. The number of aromatic nitrogens is 3. The number of anilines is 1. The van der Waals surface area contributed by atoms with E-state index in [9.17, 15) is 0 Å². The van der Waals surface area contributed by atoms with Crippen LogP contribution in [0.4, 0.5) is 5.95 Å². The molecule has 2 heterocycles. The van der Waals surface area contributed by atoms with Crippen LogP contribution in [0.15, 0.2) is 18.2 Å². The molecular weight excluding hydrogens is 232 g/mol. The standard InChI is InChI=1S/C12H16N4S/c1-9-4-3-5-10-14-11(15-16(9)10)13-8-12(17-2)6-7-12/h3-5H,6-8H2,1-2H3,(H,13,15). The first-order chi connectivity index (χ1) is 8.22. The summed E-state index contributed by atoms with van der Waals surface area (Å²) in [5, 5.41) is 7.81. The molecule has 2 aromatic heterocycles. The average molecular weight is 248 g/mol. The molecule has 1 fully saturated rings. The van der Waals surface area contributed by atoms with E-state index in [1.807, 2.05) is 41.4 Å². The summed E-state index contributed by atoms with van der Waals surface area (Å²) in [6.07, 6.45) is 4.77. The lowest BCUT2D eigenvalue weighted by Crippen LogP contribution is -2.18. The molecule has 5 heteroatoms. The third-order valence-corrected chi connectivity index (χ3v) is 4.78. The summed E-state index contributed by atoms with van der Waals surface area (Å²) >= 11 is 1.94. The van der Waals surface area contributed by atoms with Gasteiger partial charge in [0.2, 0.25) is 5.95 Å². The molecule has 1 aliphatic rings. The second-order valence-electron chi connectivity index (χ2n) is 4.61. The van der Waals surface area contributed by atoms with Crippen LogP contribution in [0.3, 0.4) is 0 Å². The zero-order chi connectivity index (χ0) is 11.9. The Labute approximate surface area is 105 Å². The van der Waals surface area contributed by atoms with Gasteiger partial charge in [-0.2, -0.15) is 16.7 Å². The van der Waals surface area contributed by atoms with E-state index >= 15 is 0 Å². The molecule has 2 aromatic rings. The minimum absolute atomic E-state index is 0.437. The molecule has 0 radical (unpaired) electrons. The fourth-order valence-corrected chi connectivity index (χ4v) is 2.67. The van der Waals surface area contributed by atoms with Crippen LogP contribution < -0.4 is 5.32 Å². The molecule has 0 aromatic carbocycles. The summed E-state index contributed by atoms with van der Waals surface area (Å²) in [7, 11) is 0. The fourth-order valence-electron chi connectivity index (χ4n) is 1.94. The highest BCUT2D eigenvalue weighted by Gasteiger charge is 2.41. The van der Waals surface area contributed by atoms with E-state index in [1.165, 1.54) is 12.8 Å². The average Bonchev–Trinajstić information content (AvgIpc) is 3.00. The van der Waals surface area contributed by atoms with Gasteiger partial charge in [-0.3, -0.25) is 0 Å². The van der Waals surface area contributed by atoms with Crippen LogP contribution in [0.1, 0.15) is 18.5 Å². The van der Waals surface area contributed by atoms with E-state index in [4.69, 9.17) is 0 Å². The van der Waals surface area contributed by atoms with E-state index in [1.54, 1.807) is 0 Å². The maximum Gasteiger partial charge on any atom is 0.243 e. The molecule has 1 N–H and O–H groups in total. The largest absolute Gasteiger partial charge is 0.352 e. The molecule has 4 nitrogen and oxygen atoms in total. The summed E-state index contributed by atoms with van der Waals surface area (Å²) < 4.78 is 2.31.